The van der Waals surface area contributed by atoms with Crippen LogP contribution in [0.15, 0.2) is 30.3 Å². The first-order valence-corrected chi connectivity index (χ1v) is 7.73. The molecule has 3 rings (SSSR count). The zero-order valence-corrected chi connectivity index (χ0v) is 12.4. The predicted octanol–water partition coefficient (Wildman–Crippen LogP) is 3.80. The molecule has 0 fully saturated rings. The Kier molecular flexibility index (Phi) is 3.77. The van der Waals surface area contributed by atoms with Crippen molar-refractivity contribution in [3.05, 3.63) is 47.2 Å². The van der Waals surface area contributed by atoms with Crippen LogP contribution in [-0.4, -0.2) is 16.3 Å². The Hall–Kier alpha value is -1.77. The molecule has 0 saturated carbocycles. The summed E-state index contributed by atoms with van der Waals surface area (Å²) in [5.41, 5.74) is 3.97. The van der Waals surface area contributed by atoms with Crippen LogP contribution in [0, 0.1) is 0 Å². The second-order valence-corrected chi connectivity index (χ2v) is 5.54. The van der Waals surface area contributed by atoms with Gasteiger partial charge in [-0.3, -0.25) is 0 Å². The van der Waals surface area contributed by atoms with E-state index < -0.39 is 0 Å². The van der Waals surface area contributed by atoms with Crippen LogP contribution < -0.4 is 5.32 Å². The minimum Gasteiger partial charge on any atom is -0.370 e. The Labute approximate surface area is 121 Å². The summed E-state index contributed by atoms with van der Waals surface area (Å²) in [6, 6.07) is 11.6. The largest absolute Gasteiger partial charge is 0.370 e. The van der Waals surface area contributed by atoms with Crippen molar-refractivity contribution in [2.75, 3.05) is 11.9 Å². The van der Waals surface area contributed by atoms with E-state index in [4.69, 9.17) is 5.10 Å². The lowest BCUT2D eigenvalue weighted by Gasteiger charge is -2.26. The number of aryl methyl sites for hydroxylation is 2. The molecule has 0 radical (unpaired) electrons. The summed E-state index contributed by atoms with van der Waals surface area (Å²) in [6.07, 6.45) is 4.46. The Morgan fingerprint density at radius 3 is 2.75 bits per heavy atom. The molecule has 0 amide bonds. The first-order valence-electron chi connectivity index (χ1n) is 7.73. The van der Waals surface area contributed by atoms with Crippen molar-refractivity contribution >= 4 is 5.82 Å². The summed E-state index contributed by atoms with van der Waals surface area (Å²) >= 11 is 0. The monoisotopic (exact) mass is 269 g/mol. The number of hydrogen-bond donors (Lipinski definition) is 1. The van der Waals surface area contributed by atoms with Crippen LogP contribution in [0.3, 0.4) is 0 Å². The fraction of sp³-hybridized carbons (Fsp3) is 0.471. The minimum atomic E-state index is 0.377. The lowest BCUT2D eigenvalue weighted by molar-refractivity contribution is 0.478. The van der Waals surface area contributed by atoms with Gasteiger partial charge in [0.25, 0.3) is 0 Å². The summed E-state index contributed by atoms with van der Waals surface area (Å²) < 4.78 is 2.16. The highest BCUT2D eigenvalue weighted by Gasteiger charge is 2.22. The Bertz CT molecular complexity index is 568. The fourth-order valence-corrected chi connectivity index (χ4v) is 2.95. The van der Waals surface area contributed by atoms with Gasteiger partial charge < -0.3 is 5.32 Å². The highest BCUT2D eigenvalue weighted by atomic mass is 15.4. The maximum Gasteiger partial charge on any atom is 0.125 e. The molecule has 1 aromatic heterocycles. The van der Waals surface area contributed by atoms with E-state index in [1.54, 1.807) is 0 Å². The fourth-order valence-electron chi connectivity index (χ4n) is 2.95. The van der Waals surface area contributed by atoms with Gasteiger partial charge in [0.05, 0.1) is 11.7 Å². The number of benzene rings is 1. The number of hydrogen-bond acceptors (Lipinski definition) is 2. The van der Waals surface area contributed by atoms with E-state index in [1.165, 1.54) is 29.7 Å². The molecule has 20 heavy (non-hydrogen) atoms. The van der Waals surface area contributed by atoms with E-state index >= 15 is 0 Å². The van der Waals surface area contributed by atoms with E-state index in [2.05, 4.69) is 54.2 Å². The van der Waals surface area contributed by atoms with Crippen LogP contribution in [0.5, 0.6) is 0 Å². The van der Waals surface area contributed by atoms with Gasteiger partial charge >= 0.3 is 0 Å². The summed E-state index contributed by atoms with van der Waals surface area (Å²) in [5.74, 6) is 1.16. The minimum absolute atomic E-state index is 0.377. The van der Waals surface area contributed by atoms with E-state index in [0.717, 1.165) is 25.2 Å². The van der Waals surface area contributed by atoms with Crippen molar-refractivity contribution in [2.45, 2.75) is 45.6 Å². The summed E-state index contributed by atoms with van der Waals surface area (Å²) in [7, 11) is 0. The van der Waals surface area contributed by atoms with Crippen LogP contribution in [0.1, 0.15) is 49.6 Å². The summed E-state index contributed by atoms with van der Waals surface area (Å²) in [6.45, 7) is 5.40. The highest BCUT2D eigenvalue weighted by molar-refractivity contribution is 5.41. The summed E-state index contributed by atoms with van der Waals surface area (Å²) in [5, 5.41) is 8.19. The van der Waals surface area contributed by atoms with Crippen molar-refractivity contribution < 1.29 is 0 Å². The molecule has 2 aromatic rings. The van der Waals surface area contributed by atoms with Gasteiger partial charge in [-0.2, -0.15) is 5.10 Å². The van der Waals surface area contributed by atoms with Gasteiger partial charge in [0, 0.05) is 12.6 Å². The van der Waals surface area contributed by atoms with Crippen LogP contribution in [-0.2, 0) is 12.8 Å². The first kappa shape index (κ1) is 13.2. The number of nitrogens with zero attached hydrogens (tertiary/aromatic N) is 2. The van der Waals surface area contributed by atoms with Crippen LogP contribution in [0.4, 0.5) is 5.82 Å². The number of rotatable bonds is 4. The smallest absolute Gasteiger partial charge is 0.125 e. The molecule has 0 spiro atoms. The second-order valence-electron chi connectivity index (χ2n) is 5.54. The molecule has 3 nitrogen and oxygen atoms in total. The summed E-state index contributed by atoms with van der Waals surface area (Å²) in [4.78, 5) is 0. The molecule has 3 heteroatoms. The van der Waals surface area contributed by atoms with Gasteiger partial charge in [-0.1, -0.05) is 44.5 Å². The maximum atomic E-state index is 4.74. The Balaban J connectivity index is 1.89. The van der Waals surface area contributed by atoms with Gasteiger partial charge in [0.2, 0.25) is 0 Å². The lowest BCUT2D eigenvalue weighted by Crippen LogP contribution is -2.24. The van der Waals surface area contributed by atoms with E-state index in [1.807, 2.05) is 0 Å². The lowest BCUT2D eigenvalue weighted by atomic mass is 10.00. The molecule has 1 N–H and O–H groups in total. The first-order chi connectivity index (χ1) is 9.81. The molecule has 0 bridgehead atoms. The molecule has 106 valence electrons. The normalized spacial score (nSPS) is 17.6. The average Bonchev–Trinajstić information content (AvgIpc) is 2.91. The maximum absolute atomic E-state index is 4.74. The standard InChI is InChI=1S/C17H23N3/c1-3-5-13-6-8-14(9-7-13)16-10-11-18-17-12-15(4-2)19-20(16)17/h6-9,12,16,18H,3-5,10-11H2,1-2H3. The van der Waals surface area contributed by atoms with Gasteiger partial charge in [-0.15, -0.1) is 0 Å². The third kappa shape index (κ3) is 2.45. The molecule has 1 aliphatic heterocycles. The van der Waals surface area contributed by atoms with Crippen molar-refractivity contribution in [3.8, 4) is 0 Å². The Morgan fingerprint density at radius 1 is 1.25 bits per heavy atom. The van der Waals surface area contributed by atoms with Crippen LogP contribution in [0.25, 0.3) is 0 Å². The van der Waals surface area contributed by atoms with Crippen LogP contribution >= 0.6 is 0 Å². The topological polar surface area (TPSA) is 29.9 Å². The zero-order valence-electron chi connectivity index (χ0n) is 12.4. The third-order valence-electron chi connectivity index (χ3n) is 4.07. The van der Waals surface area contributed by atoms with Crippen molar-refractivity contribution in [1.82, 2.24) is 9.78 Å². The molecular weight excluding hydrogens is 246 g/mol. The predicted molar refractivity (Wildman–Crippen MR) is 83.3 cm³/mol. The molecule has 1 unspecified atom stereocenters. The quantitative estimate of drug-likeness (QED) is 0.915. The number of fused-ring (bicyclic) bond motifs is 1. The third-order valence-corrected chi connectivity index (χ3v) is 4.07. The van der Waals surface area contributed by atoms with Crippen molar-refractivity contribution in [3.63, 3.8) is 0 Å². The van der Waals surface area contributed by atoms with Gasteiger partial charge in [-0.05, 0) is 30.4 Å². The van der Waals surface area contributed by atoms with E-state index in [0.29, 0.717) is 6.04 Å². The molecule has 1 aliphatic rings. The molecule has 2 heterocycles. The van der Waals surface area contributed by atoms with E-state index in [-0.39, 0.29) is 0 Å². The molecule has 1 aromatic carbocycles. The van der Waals surface area contributed by atoms with Crippen molar-refractivity contribution in [1.29, 1.82) is 0 Å². The zero-order chi connectivity index (χ0) is 13.9. The number of anilines is 1. The van der Waals surface area contributed by atoms with E-state index in [9.17, 15) is 0 Å². The van der Waals surface area contributed by atoms with Gasteiger partial charge in [-0.25, -0.2) is 4.68 Å². The van der Waals surface area contributed by atoms with Crippen LogP contribution in [0.2, 0.25) is 0 Å². The number of nitrogens with one attached hydrogen (secondary N) is 1. The van der Waals surface area contributed by atoms with Gasteiger partial charge in [0.1, 0.15) is 5.82 Å². The Morgan fingerprint density at radius 2 is 2.05 bits per heavy atom. The SMILES string of the molecule is CCCc1ccc(C2CCNc3cc(CC)nn32)cc1. The van der Waals surface area contributed by atoms with Crippen molar-refractivity contribution in [2.24, 2.45) is 0 Å². The molecular formula is C17H23N3. The molecule has 0 saturated heterocycles. The highest BCUT2D eigenvalue weighted by Crippen LogP contribution is 2.30. The molecule has 0 aliphatic carbocycles. The molecule has 1 atom stereocenters. The average molecular weight is 269 g/mol. The van der Waals surface area contributed by atoms with Gasteiger partial charge in [0.15, 0.2) is 0 Å². The number of aromatic nitrogens is 2. The second kappa shape index (κ2) is 5.70.